The molecule has 0 heterocycles. The highest BCUT2D eigenvalue weighted by Crippen LogP contribution is 2.22. The van der Waals surface area contributed by atoms with E-state index in [9.17, 15) is 9.90 Å². The van der Waals surface area contributed by atoms with Crippen molar-refractivity contribution in [3.05, 3.63) is 28.2 Å². The van der Waals surface area contributed by atoms with Gasteiger partial charge in [0, 0.05) is 29.3 Å². The number of nitrogens with zero attached hydrogens (tertiary/aromatic N) is 1. The third-order valence-corrected chi connectivity index (χ3v) is 2.56. The zero-order chi connectivity index (χ0) is 11.4. The van der Waals surface area contributed by atoms with Crippen molar-refractivity contribution in [3.63, 3.8) is 0 Å². The predicted molar refractivity (Wildman–Crippen MR) is 64.5 cm³/mol. The third-order valence-electron chi connectivity index (χ3n) is 2.07. The van der Waals surface area contributed by atoms with Gasteiger partial charge < -0.3 is 10.0 Å². The minimum Gasteiger partial charge on any atom is -0.392 e. The quantitative estimate of drug-likeness (QED) is 0.853. The lowest BCUT2D eigenvalue weighted by molar-refractivity contribution is 0.112. The standard InChI is InChI=1S/C11H14BrNO2/c1-8(15)6-13(2)11-4-3-10(12)5-9(11)7-14/h3-5,7-8,15H,6H2,1-2H3. The van der Waals surface area contributed by atoms with Gasteiger partial charge in [-0.2, -0.15) is 0 Å². The van der Waals surface area contributed by atoms with Gasteiger partial charge in [0.15, 0.2) is 6.29 Å². The SMILES string of the molecule is CC(O)CN(C)c1ccc(Br)cc1C=O. The van der Waals surface area contributed by atoms with Crippen molar-refractivity contribution >= 4 is 27.9 Å². The monoisotopic (exact) mass is 271 g/mol. The molecule has 1 atom stereocenters. The number of carbonyl (C=O) groups is 1. The van der Waals surface area contributed by atoms with Crippen molar-refractivity contribution in [2.75, 3.05) is 18.5 Å². The van der Waals surface area contributed by atoms with Crippen LogP contribution in [0.5, 0.6) is 0 Å². The maximum atomic E-state index is 10.9. The van der Waals surface area contributed by atoms with E-state index in [1.54, 1.807) is 13.0 Å². The molecule has 3 nitrogen and oxygen atoms in total. The molecule has 0 aromatic heterocycles. The molecule has 1 aromatic rings. The van der Waals surface area contributed by atoms with E-state index in [2.05, 4.69) is 15.9 Å². The van der Waals surface area contributed by atoms with E-state index < -0.39 is 6.10 Å². The second-order valence-corrected chi connectivity index (χ2v) is 4.47. The Bertz CT molecular complexity index is 352. The highest BCUT2D eigenvalue weighted by molar-refractivity contribution is 9.10. The molecular weight excluding hydrogens is 258 g/mol. The van der Waals surface area contributed by atoms with Crippen LogP contribution in [0.3, 0.4) is 0 Å². The van der Waals surface area contributed by atoms with Gasteiger partial charge in [-0.1, -0.05) is 15.9 Å². The Morgan fingerprint density at radius 1 is 1.60 bits per heavy atom. The lowest BCUT2D eigenvalue weighted by Crippen LogP contribution is -2.27. The molecule has 1 rings (SSSR count). The Kier molecular flexibility index (Phi) is 4.29. The van der Waals surface area contributed by atoms with Gasteiger partial charge in [0.05, 0.1) is 6.10 Å². The highest BCUT2D eigenvalue weighted by atomic mass is 79.9. The first-order valence-corrected chi connectivity index (χ1v) is 5.48. The molecule has 4 heteroatoms. The van der Waals surface area contributed by atoms with Crippen LogP contribution in [0.15, 0.2) is 22.7 Å². The van der Waals surface area contributed by atoms with Gasteiger partial charge >= 0.3 is 0 Å². The van der Waals surface area contributed by atoms with Crippen molar-refractivity contribution in [1.82, 2.24) is 0 Å². The molecule has 0 saturated carbocycles. The molecule has 0 fully saturated rings. The highest BCUT2D eigenvalue weighted by Gasteiger charge is 2.09. The van der Waals surface area contributed by atoms with Crippen LogP contribution >= 0.6 is 15.9 Å². The van der Waals surface area contributed by atoms with Crippen molar-refractivity contribution < 1.29 is 9.90 Å². The Morgan fingerprint density at radius 3 is 2.80 bits per heavy atom. The first-order valence-electron chi connectivity index (χ1n) is 4.68. The first kappa shape index (κ1) is 12.2. The molecule has 0 aliphatic rings. The van der Waals surface area contributed by atoms with Gasteiger partial charge in [-0.05, 0) is 25.1 Å². The number of carbonyl (C=O) groups excluding carboxylic acids is 1. The number of aldehydes is 1. The van der Waals surface area contributed by atoms with Gasteiger partial charge in [0.2, 0.25) is 0 Å². The van der Waals surface area contributed by atoms with Crippen LogP contribution in [0.25, 0.3) is 0 Å². The molecule has 0 amide bonds. The van der Waals surface area contributed by atoms with Crippen LogP contribution < -0.4 is 4.90 Å². The fourth-order valence-electron chi connectivity index (χ4n) is 1.46. The molecule has 0 spiro atoms. The van der Waals surface area contributed by atoms with E-state index in [0.29, 0.717) is 12.1 Å². The number of aliphatic hydroxyl groups is 1. The number of benzene rings is 1. The van der Waals surface area contributed by atoms with Crippen LogP contribution in [0, 0.1) is 0 Å². The molecule has 15 heavy (non-hydrogen) atoms. The third kappa shape index (κ3) is 3.32. The number of anilines is 1. The van der Waals surface area contributed by atoms with E-state index in [1.807, 2.05) is 24.1 Å². The van der Waals surface area contributed by atoms with E-state index in [1.165, 1.54) is 0 Å². The van der Waals surface area contributed by atoms with Crippen LogP contribution in [0.4, 0.5) is 5.69 Å². The molecule has 0 bridgehead atoms. The summed E-state index contributed by atoms with van der Waals surface area (Å²) in [5.74, 6) is 0. The molecular formula is C11H14BrNO2. The van der Waals surface area contributed by atoms with E-state index in [0.717, 1.165) is 16.4 Å². The summed E-state index contributed by atoms with van der Waals surface area (Å²) >= 11 is 3.31. The summed E-state index contributed by atoms with van der Waals surface area (Å²) in [6, 6.07) is 5.50. The zero-order valence-corrected chi connectivity index (χ0v) is 10.4. The number of rotatable bonds is 4. The molecule has 1 N–H and O–H groups in total. The fourth-order valence-corrected chi connectivity index (χ4v) is 1.84. The van der Waals surface area contributed by atoms with E-state index in [-0.39, 0.29) is 0 Å². The Morgan fingerprint density at radius 2 is 2.27 bits per heavy atom. The van der Waals surface area contributed by atoms with Crippen LogP contribution in [0.1, 0.15) is 17.3 Å². The zero-order valence-electron chi connectivity index (χ0n) is 8.77. The maximum absolute atomic E-state index is 10.9. The Hall–Kier alpha value is -0.870. The van der Waals surface area contributed by atoms with Crippen molar-refractivity contribution in [2.45, 2.75) is 13.0 Å². The Labute approximate surface area is 97.8 Å². The predicted octanol–water partition coefficient (Wildman–Crippen LogP) is 2.08. The second-order valence-electron chi connectivity index (χ2n) is 3.55. The topological polar surface area (TPSA) is 40.5 Å². The van der Waals surface area contributed by atoms with Crippen molar-refractivity contribution in [3.8, 4) is 0 Å². The van der Waals surface area contributed by atoms with E-state index in [4.69, 9.17) is 0 Å². The number of hydrogen-bond acceptors (Lipinski definition) is 3. The summed E-state index contributed by atoms with van der Waals surface area (Å²) in [4.78, 5) is 12.7. The van der Waals surface area contributed by atoms with Crippen LogP contribution in [0.2, 0.25) is 0 Å². The minimum absolute atomic E-state index is 0.418. The summed E-state index contributed by atoms with van der Waals surface area (Å²) < 4.78 is 0.874. The summed E-state index contributed by atoms with van der Waals surface area (Å²) in [5, 5.41) is 9.26. The molecule has 1 aromatic carbocycles. The number of aliphatic hydroxyl groups excluding tert-OH is 1. The summed E-state index contributed by atoms with van der Waals surface area (Å²) in [7, 11) is 1.85. The average Bonchev–Trinajstić information content (AvgIpc) is 2.16. The minimum atomic E-state index is -0.418. The van der Waals surface area contributed by atoms with Gasteiger partial charge in [-0.15, -0.1) is 0 Å². The van der Waals surface area contributed by atoms with E-state index >= 15 is 0 Å². The van der Waals surface area contributed by atoms with Crippen LogP contribution in [-0.2, 0) is 0 Å². The molecule has 0 saturated heterocycles. The van der Waals surface area contributed by atoms with Gasteiger partial charge in [-0.25, -0.2) is 0 Å². The lowest BCUT2D eigenvalue weighted by Gasteiger charge is -2.22. The summed E-state index contributed by atoms with van der Waals surface area (Å²) in [5.41, 5.74) is 1.45. The molecule has 82 valence electrons. The van der Waals surface area contributed by atoms with Gasteiger partial charge in [-0.3, -0.25) is 4.79 Å². The maximum Gasteiger partial charge on any atom is 0.152 e. The van der Waals surface area contributed by atoms with Crippen LogP contribution in [-0.4, -0.2) is 31.1 Å². The molecule has 0 radical (unpaired) electrons. The largest absolute Gasteiger partial charge is 0.392 e. The van der Waals surface area contributed by atoms with Crippen molar-refractivity contribution in [1.29, 1.82) is 0 Å². The van der Waals surface area contributed by atoms with Gasteiger partial charge in [0.1, 0.15) is 0 Å². The van der Waals surface area contributed by atoms with Gasteiger partial charge in [0.25, 0.3) is 0 Å². The first-order chi connectivity index (χ1) is 7.04. The Balaban J connectivity index is 2.97. The average molecular weight is 272 g/mol. The smallest absolute Gasteiger partial charge is 0.152 e. The van der Waals surface area contributed by atoms with Crippen molar-refractivity contribution in [2.24, 2.45) is 0 Å². The lowest BCUT2D eigenvalue weighted by atomic mass is 10.1. The summed E-state index contributed by atoms with van der Waals surface area (Å²) in [6.45, 7) is 2.22. The normalized spacial score (nSPS) is 12.3. The molecule has 0 aliphatic heterocycles. The fraction of sp³-hybridized carbons (Fsp3) is 0.364. The number of likely N-dealkylation sites (N-methyl/N-ethyl adjacent to an activating group) is 1. The second kappa shape index (κ2) is 5.28. The molecule has 0 aliphatic carbocycles. The molecule has 1 unspecified atom stereocenters. The summed E-state index contributed by atoms with van der Waals surface area (Å²) in [6.07, 6.45) is 0.400. The number of halogens is 1. The number of hydrogen-bond donors (Lipinski definition) is 1.